The van der Waals surface area contributed by atoms with E-state index < -0.39 is 5.91 Å². The molecule has 4 nitrogen and oxygen atoms in total. The summed E-state index contributed by atoms with van der Waals surface area (Å²) in [5.41, 5.74) is 4.30. The number of imide groups is 1. The second kappa shape index (κ2) is 9.02. The number of hydrogen-bond acceptors (Lipinski definition) is 4. The van der Waals surface area contributed by atoms with Crippen molar-refractivity contribution < 1.29 is 9.59 Å². The van der Waals surface area contributed by atoms with Crippen LogP contribution in [0.1, 0.15) is 16.7 Å². The van der Waals surface area contributed by atoms with Gasteiger partial charge in [-0.2, -0.15) is 0 Å². The minimum absolute atomic E-state index is 0.236. The molecule has 0 aromatic heterocycles. The van der Waals surface area contributed by atoms with Gasteiger partial charge in [0, 0.05) is 20.6 Å². The Kier molecular flexibility index (Phi) is 6.33. The lowest BCUT2D eigenvalue weighted by molar-refractivity contribution is -0.120. The zero-order chi connectivity index (χ0) is 23.0. The maximum Gasteiger partial charge on any atom is 0.283 e. The number of benzene rings is 3. The number of hydrogen-bond donors (Lipinski definition) is 1. The molecule has 1 aliphatic rings. The fourth-order valence-electron chi connectivity index (χ4n) is 3.51. The summed E-state index contributed by atoms with van der Waals surface area (Å²) >= 11 is 13.3. The molecule has 0 aliphatic carbocycles. The average molecular weight is 483 g/mol. The van der Waals surface area contributed by atoms with Crippen molar-refractivity contribution in [3.8, 4) is 0 Å². The number of thioether (sulfide) groups is 1. The van der Waals surface area contributed by atoms with Gasteiger partial charge in [-0.15, -0.1) is 0 Å². The molecule has 162 valence electrons. The molecule has 0 unspecified atom stereocenters. The molecule has 4 rings (SSSR count). The van der Waals surface area contributed by atoms with Crippen LogP contribution in [0.25, 0.3) is 0 Å². The minimum Gasteiger partial charge on any atom is -0.350 e. The third kappa shape index (κ3) is 4.42. The van der Waals surface area contributed by atoms with Crippen LogP contribution in [0.5, 0.6) is 0 Å². The van der Waals surface area contributed by atoms with Crippen LogP contribution in [0.2, 0.25) is 10.0 Å². The Labute approximate surface area is 201 Å². The van der Waals surface area contributed by atoms with Crippen molar-refractivity contribution in [2.24, 2.45) is 0 Å². The summed E-state index contributed by atoms with van der Waals surface area (Å²) in [6.45, 7) is 5.76. The topological polar surface area (TPSA) is 49.4 Å². The standard InChI is InChI=1S/C25H20Cl2N2O2S/c1-14-4-11-21(16(3)12-14)29-24(30)22(28-20-10-7-18(27)13-15(20)2)23(25(29)31)32-19-8-5-17(26)6-9-19/h4-13,28H,1-3H3. The number of carbonyl (C=O) groups is 2. The van der Waals surface area contributed by atoms with Crippen molar-refractivity contribution in [1.82, 2.24) is 0 Å². The predicted molar refractivity (Wildman–Crippen MR) is 133 cm³/mol. The van der Waals surface area contributed by atoms with E-state index in [2.05, 4.69) is 5.32 Å². The molecule has 7 heteroatoms. The molecule has 0 spiro atoms. The molecule has 0 saturated carbocycles. The summed E-state index contributed by atoms with van der Waals surface area (Å²) in [7, 11) is 0. The summed E-state index contributed by atoms with van der Waals surface area (Å²) < 4.78 is 0. The molecule has 0 bridgehead atoms. The van der Waals surface area contributed by atoms with E-state index in [1.165, 1.54) is 16.7 Å². The van der Waals surface area contributed by atoms with Crippen molar-refractivity contribution in [2.45, 2.75) is 25.7 Å². The van der Waals surface area contributed by atoms with Gasteiger partial charge in [-0.05, 0) is 80.4 Å². The van der Waals surface area contributed by atoms with Crippen molar-refractivity contribution >= 4 is 58.2 Å². The number of nitrogens with zero attached hydrogens (tertiary/aromatic N) is 1. The molecule has 1 heterocycles. The Morgan fingerprint density at radius 3 is 2.12 bits per heavy atom. The van der Waals surface area contributed by atoms with E-state index in [0.717, 1.165) is 21.6 Å². The van der Waals surface area contributed by atoms with Crippen molar-refractivity contribution in [1.29, 1.82) is 0 Å². The molecule has 2 amide bonds. The zero-order valence-electron chi connectivity index (χ0n) is 17.7. The molecule has 0 fully saturated rings. The molecular weight excluding hydrogens is 463 g/mol. The number of halogens is 2. The predicted octanol–water partition coefficient (Wildman–Crippen LogP) is 6.91. The van der Waals surface area contributed by atoms with Gasteiger partial charge in [0.15, 0.2) is 0 Å². The molecule has 1 N–H and O–H groups in total. The second-order valence-electron chi connectivity index (χ2n) is 7.58. The van der Waals surface area contributed by atoms with Gasteiger partial charge in [-0.1, -0.05) is 52.7 Å². The summed E-state index contributed by atoms with van der Waals surface area (Å²) in [5.74, 6) is -0.760. The van der Waals surface area contributed by atoms with Crippen LogP contribution in [-0.2, 0) is 9.59 Å². The van der Waals surface area contributed by atoms with Crippen LogP contribution >= 0.6 is 35.0 Å². The fraction of sp³-hybridized carbons (Fsp3) is 0.120. The van der Waals surface area contributed by atoms with E-state index in [1.807, 2.05) is 51.1 Å². The van der Waals surface area contributed by atoms with Crippen LogP contribution in [0.3, 0.4) is 0 Å². The minimum atomic E-state index is -0.396. The Bertz CT molecular complexity index is 1270. The van der Waals surface area contributed by atoms with Crippen LogP contribution in [0.4, 0.5) is 11.4 Å². The van der Waals surface area contributed by atoms with E-state index in [0.29, 0.717) is 26.3 Å². The van der Waals surface area contributed by atoms with Gasteiger partial charge in [-0.25, -0.2) is 4.90 Å². The number of amides is 2. The highest BCUT2D eigenvalue weighted by atomic mass is 35.5. The molecule has 32 heavy (non-hydrogen) atoms. The fourth-order valence-corrected chi connectivity index (χ4v) is 4.79. The van der Waals surface area contributed by atoms with E-state index in [4.69, 9.17) is 23.2 Å². The number of aryl methyl sites for hydroxylation is 3. The van der Waals surface area contributed by atoms with Crippen molar-refractivity contribution in [3.05, 3.63) is 98.0 Å². The first-order valence-corrected chi connectivity index (χ1v) is 11.5. The first-order valence-electron chi connectivity index (χ1n) is 9.91. The first kappa shape index (κ1) is 22.5. The third-order valence-electron chi connectivity index (χ3n) is 5.12. The lowest BCUT2D eigenvalue weighted by Crippen LogP contribution is -2.33. The van der Waals surface area contributed by atoms with Gasteiger partial charge in [0.2, 0.25) is 0 Å². The van der Waals surface area contributed by atoms with Crippen molar-refractivity contribution in [3.63, 3.8) is 0 Å². The van der Waals surface area contributed by atoms with Gasteiger partial charge in [0.05, 0.1) is 5.69 Å². The lowest BCUT2D eigenvalue weighted by atomic mass is 10.1. The molecular formula is C25H20Cl2N2O2S. The Morgan fingerprint density at radius 1 is 0.781 bits per heavy atom. The maximum atomic E-state index is 13.5. The van der Waals surface area contributed by atoms with Gasteiger partial charge in [0.25, 0.3) is 11.8 Å². The molecule has 0 atom stereocenters. The third-order valence-corrected chi connectivity index (χ3v) is 6.69. The van der Waals surface area contributed by atoms with Crippen molar-refractivity contribution in [2.75, 3.05) is 10.2 Å². The van der Waals surface area contributed by atoms with Crippen LogP contribution in [0, 0.1) is 20.8 Å². The quantitative estimate of drug-likeness (QED) is 0.401. The Balaban J connectivity index is 1.78. The summed E-state index contributed by atoms with van der Waals surface area (Å²) in [5, 5.41) is 4.39. The maximum absolute atomic E-state index is 13.5. The molecule has 1 aliphatic heterocycles. The zero-order valence-corrected chi connectivity index (χ0v) is 20.0. The van der Waals surface area contributed by atoms with Gasteiger partial charge in [0.1, 0.15) is 10.6 Å². The number of carbonyl (C=O) groups excluding carboxylic acids is 2. The molecule has 0 radical (unpaired) electrons. The highest BCUT2D eigenvalue weighted by molar-refractivity contribution is 8.04. The smallest absolute Gasteiger partial charge is 0.283 e. The van der Waals surface area contributed by atoms with Gasteiger partial charge < -0.3 is 5.32 Å². The van der Waals surface area contributed by atoms with Crippen LogP contribution < -0.4 is 10.2 Å². The van der Waals surface area contributed by atoms with Crippen LogP contribution in [-0.4, -0.2) is 11.8 Å². The Morgan fingerprint density at radius 2 is 1.47 bits per heavy atom. The monoisotopic (exact) mass is 482 g/mol. The number of rotatable bonds is 5. The highest BCUT2D eigenvalue weighted by Gasteiger charge is 2.41. The van der Waals surface area contributed by atoms with E-state index in [1.54, 1.807) is 30.3 Å². The van der Waals surface area contributed by atoms with Gasteiger partial charge in [-0.3, -0.25) is 9.59 Å². The number of anilines is 2. The second-order valence-corrected chi connectivity index (χ2v) is 9.54. The van der Waals surface area contributed by atoms with Crippen LogP contribution in [0.15, 0.2) is 76.2 Å². The molecule has 0 saturated heterocycles. The summed E-state index contributed by atoms with van der Waals surface area (Å²) in [6.07, 6.45) is 0. The van der Waals surface area contributed by atoms with E-state index in [9.17, 15) is 9.59 Å². The molecule has 3 aromatic carbocycles. The first-order chi connectivity index (χ1) is 15.2. The lowest BCUT2D eigenvalue weighted by Gasteiger charge is -2.18. The van der Waals surface area contributed by atoms with Gasteiger partial charge >= 0.3 is 0 Å². The summed E-state index contributed by atoms with van der Waals surface area (Å²) in [6, 6.07) is 18.2. The summed E-state index contributed by atoms with van der Waals surface area (Å²) in [4.78, 5) is 29.4. The molecule has 3 aromatic rings. The Hall–Kier alpha value is -2.73. The van der Waals surface area contributed by atoms with E-state index >= 15 is 0 Å². The normalized spacial score (nSPS) is 13.8. The number of nitrogens with one attached hydrogen (secondary N) is 1. The SMILES string of the molecule is Cc1ccc(N2C(=O)C(Nc3ccc(Cl)cc3C)=C(Sc3ccc(Cl)cc3)C2=O)c(C)c1. The largest absolute Gasteiger partial charge is 0.350 e. The van der Waals surface area contributed by atoms with E-state index in [-0.39, 0.29) is 11.6 Å². The average Bonchev–Trinajstić information content (AvgIpc) is 2.96. The highest BCUT2D eigenvalue weighted by Crippen LogP contribution is 2.39.